The van der Waals surface area contributed by atoms with E-state index in [4.69, 9.17) is 4.74 Å². The molecule has 1 N–H and O–H groups in total. The molecule has 3 aromatic rings. The van der Waals surface area contributed by atoms with E-state index in [1.807, 2.05) is 0 Å². The van der Waals surface area contributed by atoms with Crippen LogP contribution in [-0.2, 0) is 37.2 Å². The maximum atomic E-state index is 14.8. The topological polar surface area (TPSA) is 92.8 Å². The fourth-order valence-corrected chi connectivity index (χ4v) is 5.72. The van der Waals surface area contributed by atoms with Gasteiger partial charge in [-0.15, -0.1) is 0 Å². The zero-order valence-electron chi connectivity index (χ0n) is 21.8. The number of ether oxygens (including phenoxy) is 1. The molecule has 11 heteroatoms. The van der Waals surface area contributed by atoms with E-state index < -0.39 is 32.4 Å². The van der Waals surface area contributed by atoms with Crippen molar-refractivity contribution in [1.82, 2.24) is 4.90 Å². The van der Waals surface area contributed by atoms with Crippen LogP contribution >= 0.6 is 0 Å². The summed E-state index contributed by atoms with van der Waals surface area (Å²) < 4.78 is 75.8. The van der Waals surface area contributed by atoms with Crippen molar-refractivity contribution in [3.8, 4) is 0 Å². The number of halogens is 3. The van der Waals surface area contributed by atoms with Crippen molar-refractivity contribution in [2.24, 2.45) is 5.92 Å². The monoisotopic (exact) mass is 574 g/mol. The van der Waals surface area contributed by atoms with Gasteiger partial charge in [0.25, 0.3) is 10.0 Å². The lowest BCUT2D eigenvalue weighted by atomic mass is 9.96. The van der Waals surface area contributed by atoms with Crippen LogP contribution in [0.1, 0.15) is 36.5 Å². The molecule has 0 aromatic heterocycles. The van der Waals surface area contributed by atoms with E-state index in [1.54, 1.807) is 30.0 Å². The Morgan fingerprint density at radius 3 is 2.30 bits per heavy atom. The molecule has 0 atom stereocenters. The number of nitrogens with one attached hydrogen (secondary N) is 1. The molecule has 1 fully saturated rings. The average molecular weight is 575 g/mol. The largest absolute Gasteiger partial charge is 0.466 e. The molecule has 212 valence electrons. The fraction of sp³-hybridized carbons (Fsp3) is 0.310. The second-order valence-corrected chi connectivity index (χ2v) is 11.2. The number of likely N-dealkylation sites (tertiary alicyclic amines) is 1. The summed E-state index contributed by atoms with van der Waals surface area (Å²) >= 11 is 0. The van der Waals surface area contributed by atoms with Crippen molar-refractivity contribution < 1.29 is 35.9 Å². The number of piperidine rings is 1. The Hall–Kier alpha value is -3.86. The van der Waals surface area contributed by atoms with Crippen LogP contribution in [0.5, 0.6) is 0 Å². The van der Waals surface area contributed by atoms with E-state index in [0.29, 0.717) is 49.7 Å². The Morgan fingerprint density at radius 2 is 1.65 bits per heavy atom. The zero-order chi connectivity index (χ0) is 28.9. The van der Waals surface area contributed by atoms with Gasteiger partial charge in [-0.3, -0.25) is 14.3 Å². The van der Waals surface area contributed by atoms with Gasteiger partial charge in [0.15, 0.2) is 0 Å². The number of anilines is 1. The number of carbonyl (C=O) groups is 2. The molecule has 0 spiro atoms. The van der Waals surface area contributed by atoms with Gasteiger partial charge in [-0.25, -0.2) is 21.6 Å². The summed E-state index contributed by atoms with van der Waals surface area (Å²) in [6, 6.07) is 12.8. The van der Waals surface area contributed by atoms with Crippen LogP contribution in [0.15, 0.2) is 65.6 Å². The molecule has 7 nitrogen and oxygen atoms in total. The number of nitrogens with zero attached hydrogens (tertiary/aromatic N) is 1. The molecule has 1 aliphatic heterocycles. The Labute approximate surface area is 231 Å². The third kappa shape index (κ3) is 7.20. The minimum atomic E-state index is -4.47. The van der Waals surface area contributed by atoms with Crippen molar-refractivity contribution in [3.63, 3.8) is 0 Å². The Kier molecular flexibility index (Phi) is 9.14. The van der Waals surface area contributed by atoms with Gasteiger partial charge in [-0.1, -0.05) is 24.3 Å². The number of carbonyl (C=O) groups excluding carboxylic acids is 2. The molecule has 0 unspecified atom stereocenters. The SMILES string of the molecule is CCOC(=O)C1CCN(C(=O)Cc2ccc(NS(=O)(=O)c3cc(F)c(Cc4cccc(F)c4)cc3F)cc2)CC1. The molecule has 40 heavy (non-hydrogen) atoms. The van der Waals surface area contributed by atoms with Crippen molar-refractivity contribution in [2.75, 3.05) is 24.4 Å². The van der Waals surface area contributed by atoms with E-state index in [1.165, 1.54) is 30.3 Å². The van der Waals surface area contributed by atoms with Gasteiger partial charge in [-0.2, -0.15) is 0 Å². The summed E-state index contributed by atoms with van der Waals surface area (Å²) in [5.41, 5.74) is 1.04. The lowest BCUT2D eigenvalue weighted by Gasteiger charge is -2.31. The highest BCUT2D eigenvalue weighted by Gasteiger charge is 2.28. The Balaban J connectivity index is 1.37. The number of sulfonamides is 1. The molecule has 1 heterocycles. The van der Waals surface area contributed by atoms with Crippen molar-refractivity contribution >= 4 is 27.6 Å². The van der Waals surface area contributed by atoms with E-state index in [9.17, 15) is 31.2 Å². The van der Waals surface area contributed by atoms with Crippen LogP contribution in [0.2, 0.25) is 0 Å². The molecule has 0 bridgehead atoms. The van der Waals surface area contributed by atoms with E-state index in [2.05, 4.69) is 4.72 Å². The second kappa shape index (κ2) is 12.5. The van der Waals surface area contributed by atoms with Gasteiger partial charge in [0.1, 0.15) is 22.3 Å². The molecule has 0 saturated carbocycles. The highest BCUT2D eigenvalue weighted by molar-refractivity contribution is 7.92. The summed E-state index contributed by atoms with van der Waals surface area (Å²) in [5.74, 6) is -3.17. The van der Waals surface area contributed by atoms with Gasteiger partial charge in [0.05, 0.1) is 18.9 Å². The quantitative estimate of drug-likeness (QED) is 0.370. The van der Waals surface area contributed by atoms with E-state index >= 15 is 0 Å². The first-order chi connectivity index (χ1) is 19.1. The zero-order valence-corrected chi connectivity index (χ0v) is 22.6. The molecule has 1 aliphatic rings. The molecule has 0 aliphatic carbocycles. The van der Waals surface area contributed by atoms with E-state index in [-0.39, 0.29) is 41.9 Å². The number of amides is 1. The normalized spacial score (nSPS) is 14.2. The smallest absolute Gasteiger partial charge is 0.309 e. The first-order valence-electron chi connectivity index (χ1n) is 12.8. The van der Waals surface area contributed by atoms with Crippen LogP contribution in [0.25, 0.3) is 0 Å². The average Bonchev–Trinajstić information content (AvgIpc) is 2.91. The number of benzene rings is 3. The van der Waals surface area contributed by atoms with Crippen LogP contribution in [0, 0.1) is 23.4 Å². The summed E-state index contributed by atoms with van der Waals surface area (Å²) in [4.78, 5) is 25.4. The standard InChI is InChI=1S/C29H29F3N2O5S/c1-2-39-29(36)21-10-12-34(13-11-21)28(35)16-19-6-8-24(9-7-19)33-40(37,38)27-18-25(31)22(17-26(27)32)14-20-4-3-5-23(30)15-20/h3-9,15,17-18,21,33H,2,10-14,16H2,1H3. The minimum Gasteiger partial charge on any atom is -0.466 e. The van der Waals surface area contributed by atoms with Crippen LogP contribution in [0.4, 0.5) is 18.9 Å². The number of hydrogen-bond acceptors (Lipinski definition) is 5. The van der Waals surface area contributed by atoms with Gasteiger partial charge < -0.3 is 9.64 Å². The van der Waals surface area contributed by atoms with Crippen LogP contribution < -0.4 is 4.72 Å². The minimum absolute atomic E-state index is 0.0870. The third-order valence-corrected chi connectivity index (χ3v) is 8.10. The predicted molar refractivity (Wildman–Crippen MR) is 142 cm³/mol. The van der Waals surface area contributed by atoms with Crippen LogP contribution in [0.3, 0.4) is 0 Å². The summed E-state index contributed by atoms with van der Waals surface area (Å²) in [5, 5.41) is 0. The fourth-order valence-electron chi connectivity index (χ4n) is 4.59. The number of esters is 1. The first kappa shape index (κ1) is 29.1. The molecule has 0 radical (unpaired) electrons. The highest BCUT2D eigenvalue weighted by atomic mass is 32.2. The molecule has 1 saturated heterocycles. The van der Waals surface area contributed by atoms with Gasteiger partial charge in [0, 0.05) is 25.2 Å². The highest BCUT2D eigenvalue weighted by Crippen LogP contribution is 2.25. The maximum absolute atomic E-state index is 14.8. The summed E-state index contributed by atoms with van der Waals surface area (Å²) in [6.45, 7) is 2.97. The Morgan fingerprint density at radius 1 is 0.950 bits per heavy atom. The number of hydrogen-bond donors (Lipinski definition) is 1. The predicted octanol–water partition coefficient (Wildman–Crippen LogP) is 4.84. The lowest BCUT2D eigenvalue weighted by Crippen LogP contribution is -2.41. The van der Waals surface area contributed by atoms with Gasteiger partial charge in [-0.05, 0) is 72.9 Å². The van der Waals surface area contributed by atoms with Crippen molar-refractivity contribution in [1.29, 1.82) is 0 Å². The molecular formula is C29H29F3N2O5S. The van der Waals surface area contributed by atoms with Crippen molar-refractivity contribution in [3.05, 3.63) is 94.8 Å². The lowest BCUT2D eigenvalue weighted by molar-refractivity contribution is -0.151. The van der Waals surface area contributed by atoms with Gasteiger partial charge >= 0.3 is 5.97 Å². The second-order valence-electron chi connectivity index (χ2n) is 9.57. The Bertz CT molecular complexity index is 1490. The number of rotatable bonds is 9. The molecule has 1 amide bonds. The first-order valence-corrected chi connectivity index (χ1v) is 14.3. The third-order valence-electron chi connectivity index (χ3n) is 6.70. The maximum Gasteiger partial charge on any atom is 0.309 e. The summed E-state index contributed by atoms with van der Waals surface area (Å²) in [7, 11) is -4.47. The van der Waals surface area contributed by atoms with E-state index in [0.717, 1.165) is 6.07 Å². The molecule has 4 rings (SSSR count). The van der Waals surface area contributed by atoms with Crippen molar-refractivity contribution in [2.45, 2.75) is 37.5 Å². The van der Waals surface area contributed by atoms with Crippen LogP contribution in [-0.4, -0.2) is 44.9 Å². The molecular weight excluding hydrogens is 545 g/mol. The van der Waals surface area contributed by atoms with Gasteiger partial charge in [0.2, 0.25) is 5.91 Å². The molecule has 3 aromatic carbocycles. The summed E-state index contributed by atoms with van der Waals surface area (Å²) in [6.07, 6.45) is 1.05.